The van der Waals surface area contributed by atoms with Crippen molar-refractivity contribution in [2.45, 2.75) is 19.4 Å². The predicted octanol–water partition coefficient (Wildman–Crippen LogP) is -0.876. The summed E-state index contributed by atoms with van der Waals surface area (Å²) in [6.45, 7) is 2.87. The van der Waals surface area contributed by atoms with Gasteiger partial charge < -0.3 is 16.0 Å². The largest absolute Gasteiger partial charge is 0.379 e. The number of amides is 1. The van der Waals surface area contributed by atoms with E-state index in [0.29, 0.717) is 25.2 Å². The van der Waals surface area contributed by atoms with Gasteiger partial charge in [0.15, 0.2) is 0 Å². The third-order valence-electron chi connectivity index (χ3n) is 3.00. The van der Waals surface area contributed by atoms with Crippen LogP contribution in [0, 0.1) is 0 Å². The van der Waals surface area contributed by atoms with Crippen molar-refractivity contribution in [1.82, 2.24) is 20.3 Å². The molecule has 1 atom stereocenters. The standard InChI is InChI=1S/C13H27N5O3S/c1-11(7-9-18(4)22(5,20)21)16-8-6-12(13(19)15-3)17-10-14-2/h6,10-11,16H,7-9H2,1-5H3,(H,14,17)(H,15,19)/b12-6-. The summed E-state index contributed by atoms with van der Waals surface area (Å²) in [6, 6.07) is 0.111. The minimum absolute atomic E-state index is 0.111. The minimum Gasteiger partial charge on any atom is -0.379 e. The fourth-order valence-corrected chi connectivity index (χ4v) is 1.90. The zero-order chi connectivity index (χ0) is 17.2. The van der Waals surface area contributed by atoms with Gasteiger partial charge in [-0.25, -0.2) is 17.7 Å². The molecular weight excluding hydrogens is 306 g/mol. The lowest BCUT2D eigenvalue weighted by Crippen LogP contribution is -2.33. The normalized spacial score (nSPS) is 14.4. The third kappa shape index (κ3) is 8.75. The molecule has 9 heteroatoms. The summed E-state index contributed by atoms with van der Waals surface area (Å²) in [5, 5.41) is 8.45. The molecule has 22 heavy (non-hydrogen) atoms. The molecule has 0 aliphatic heterocycles. The highest BCUT2D eigenvalue weighted by atomic mass is 32.2. The second-order valence-electron chi connectivity index (χ2n) is 4.90. The Morgan fingerprint density at radius 2 is 2.00 bits per heavy atom. The Hall–Kier alpha value is -1.45. The van der Waals surface area contributed by atoms with Gasteiger partial charge in [-0.3, -0.25) is 4.79 Å². The molecule has 0 radical (unpaired) electrons. The molecule has 0 rings (SSSR count). The van der Waals surface area contributed by atoms with Crippen molar-refractivity contribution >= 4 is 22.3 Å². The number of nitrogens with zero attached hydrogens (tertiary/aromatic N) is 2. The number of carbonyl (C=O) groups excluding carboxylic acids is 1. The molecular formula is C13H27N5O3S. The van der Waals surface area contributed by atoms with Gasteiger partial charge in [-0.1, -0.05) is 0 Å². The molecule has 0 fully saturated rings. The van der Waals surface area contributed by atoms with Crippen molar-refractivity contribution in [2.24, 2.45) is 4.99 Å². The molecule has 0 aromatic heterocycles. The molecule has 0 spiro atoms. The molecule has 0 aliphatic carbocycles. The Bertz CT molecular complexity index is 502. The summed E-state index contributed by atoms with van der Waals surface area (Å²) in [5.74, 6) is -0.266. The fraction of sp³-hybridized carbons (Fsp3) is 0.692. The average molecular weight is 333 g/mol. The van der Waals surface area contributed by atoms with Gasteiger partial charge in [0, 0.05) is 40.3 Å². The van der Waals surface area contributed by atoms with E-state index in [9.17, 15) is 13.2 Å². The van der Waals surface area contributed by atoms with Gasteiger partial charge in [0.05, 0.1) is 12.6 Å². The Labute approximate surface area is 133 Å². The summed E-state index contributed by atoms with van der Waals surface area (Å²) < 4.78 is 23.9. The Kier molecular flexibility index (Phi) is 9.63. The second-order valence-corrected chi connectivity index (χ2v) is 6.99. The van der Waals surface area contributed by atoms with Crippen LogP contribution in [-0.2, 0) is 14.8 Å². The van der Waals surface area contributed by atoms with E-state index >= 15 is 0 Å². The quantitative estimate of drug-likeness (QED) is 0.274. The maximum Gasteiger partial charge on any atom is 0.269 e. The van der Waals surface area contributed by atoms with Crippen molar-refractivity contribution in [1.29, 1.82) is 0 Å². The first kappa shape index (κ1) is 20.6. The average Bonchev–Trinajstić information content (AvgIpc) is 2.46. The number of sulfonamides is 1. The summed E-state index contributed by atoms with van der Waals surface area (Å²) in [7, 11) is 1.65. The van der Waals surface area contributed by atoms with Crippen molar-refractivity contribution in [3.8, 4) is 0 Å². The molecule has 0 heterocycles. The molecule has 0 saturated carbocycles. The molecule has 1 unspecified atom stereocenters. The van der Waals surface area contributed by atoms with Gasteiger partial charge in [0.25, 0.3) is 5.91 Å². The van der Waals surface area contributed by atoms with E-state index < -0.39 is 10.0 Å². The minimum atomic E-state index is -3.14. The number of likely N-dealkylation sites (N-methyl/N-ethyl adjacent to an activating group) is 1. The fourth-order valence-electron chi connectivity index (χ4n) is 1.47. The van der Waals surface area contributed by atoms with E-state index in [1.165, 1.54) is 16.9 Å². The first-order chi connectivity index (χ1) is 10.2. The van der Waals surface area contributed by atoms with Crippen molar-refractivity contribution in [2.75, 3.05) is 40.5 Å². The number of carbonyl (C=O) groups is 1. The molecule has 128 valence electrons. The first-order valence-electron chi connectivity index (χ1n) is 6.99. The van der Waals surface area contributed by atoms with Crippen LogP contribution < -0.4 is 16.0 Å². The molecule has 0 aromatic carbocycles. The van der Waals surface area contributed by atoms with Gasteiger partial charge in [-0.05, 0) is 19.4 Å². The Morgan fingerprint density at radius 3 is 2.50 bits per heavy atom. The molecule has 0 aliphatic rings. The Balaban J connectivity index is 4.37. The summed E-state index contributed by atoms with van der Waals surface area (Å²) in [4.78, 5) is 15.6. The van der Waals surface area contributed by atoms with Gasteiger partial charge in [0.1, 0.15) is 5.70 Å². The van der Waals surface area contributed by atoms with E-state index in [0.717, 1.165) is 0 Å². The van der Waals surface area contributed by atoms with Crippen LogP contribution in [0.5, 0.6) is 0 Å². The molecule has 8 nitrogen and oxygen atoms in total. The summed E-state index contributed by atoms with van der Waals surface area (Å²) in [5.41, 5.74) is 0.310. The number of nitrogens with one attached hydrogen (secondary N) is 3. The summed E-state index contributed by atoms with van der Waals surface area (Å²) in [6.07, 6.45) is 4.98. The highest BCUT2D eigenvalue weighted by Gasteiger charge is 2.12. The van der Waals surface area contributed by atoms with Crippen LogP contribution in [0.2, 0.25) is 0 Å². The van der Waals surface area contributed by atoms with Crippen molar-refractivity contribution in [3.05, 3.63) is 11.8 Å². The van der Waals surface area contributed by atoms with Crippen LogP contribution in [0.3, 0.4) is 0 Å². The maximum absolute atomic E-state index is 11.6. The van der Waals surface area contributed by atoms with Crippen LogP contribution in [0.25, 0.3) is 0 Å². The highest BCUT2D eigenvalue weighted by Crippen LogP contribution is 1.99. The molecule has 0 saturated heterocycles. The second kappa shape index (κ2) is 10.3. The number of rotatable bonds is 10. The maximum atomic E-state index is 11.6. The molecule has 1 amide bonds. The predicted molar refractivity (Wildman–Crippen MR) is 89.3 cm³/mol. The highest BCUT2D eigenvalue weighted by molar-refractivity contribution is 7.88. The molecule has 3 N–H and O–H groups in total. The van der Waals surface area contributed by atoms with Gasteiger partial charge in [-0.15, -0.1) is 0 Å². The smallest absolute Gasteiger partial charge is 0.269 e. The Morgan fingerprint density at radius 1 is 1.36 bits per heavy atom. The number of aliphatic imine (C=N–C) groups is 1. The van der Waals surface area contributed by atoms with Crippen LogP contribution in [0.1, 0.15) is 13.3 Å². The summed E-state index contributed by atoms with van der Waals surface area (Å²) >= 11 is 0. The first-order valence-corrected chi connectivity index (χ1v) is 8.84. The third-order valence-corrected chi connectivity index (χ3v) is 4.31. The molecule has 0 bridgehead atoms. The van der Waals surface area contributed by atoms with E-state index in [2.05, 4.69) is 20.9 Å². The monoisotopic (exact) mass is 333 g/mol. The SMILES string of the molecule is CN/C=N\C(=C/CNC(C)CCN(C)S(C)(=O)=O)C(=O)NC. The zero-order valence-corrected chi connectivity index (χ0v) is 14.7. The van der Waals surface area contributed by atoms with Crippen molar-refractivity contribution < 1.29 is 13.2 Å². The van der Waals surface area contributed by atoms with Gasteiger partial charge in [-0.2, -0.15) is 0 Å². The zero-order valence-electron chi connectivity index (χ0n) is 13.9. The van der Waals surface area contributed by atoms with Gasteiger partial charge >= 0.3 is 0 Å². The van der Waals surface area contributed by atoms with Crippen LogP contribution >= 0.6 is 0 Å². The lowest BCUT2D eigenvalue weighted by atomic mass is 10.2. The van der Waals surface area contributed by atoms with E-state index in [-0.39, 0.29) is 11.9 Å². The number of hydrogen-bond donors (Lipinski definition) is 3. The van der Waals surface area contributed by atoms with E-state index in [1.807, 2.05) is 6.92 Å². The lowest BCUT2D eigenvalue weighted by molar-refractivity contribution is -0.117. The number of hydrogen-bond acceptors (Lipinski definition) is 5. The van der Waals surface area contributed by atoms with Crippen molar-refractivity contribution in [3.63, 3.8) is 0 Å². The van der Waals surface area contributed by atoms with Crippen LogP contribution in [0.15, 0.2) is 16.8 Å². The lowest BCUT2D eigenvalue weighted by Gasteiger charge is -2.18. The van der Waals surface area contributed by atoms with E-state index in [1.54, 1.807) is 27.2 Å². The molecule has 0 aromatic rings. The van der Waals surface area contributed by atoms with Crippen LogP contribution in [0.4, 0.5) is 0 Å². The topological polar surface area (TPSA) is 103 Å². The van der Waals surface area contributed by atoms with E-state index in [4.69, 9.17) is 0 Å². The van der Waals surface area contributed by atoms with Gasteiger partial charge in [0.2, 0.25) is 10.0 Å². The van der Waals surface area contributed by atoms with Crippen LogP contribution in [-0.4, -0.2) is 71.5 Å².